The Hall–Kier alpha value is -2.48. The predicted molar refractivity (Wildman–Crippen MR) is 130 cm³/mol. The summed E-state index contributed by atoms with van der Waals surface area (Å²) in [7, 11) is 1.59. The molecule has 0 spiro atoms. The largest absolute Gasteiger partial charge is 0.497 e. The first kappa shape index (κ1) is 23.7. The maximum atomic E-state index is 13.3. The number of methoxy groups -OCH3 is 1. The van der Waals surface area contributed by atoms with Gasteiger partial charge in [0.2, 0.25) is 0 Å². The van der Waals surface area contributed by atoms with Gasteiger partial charge in [-0.25, -0.2) is 9.78 Å². The van der Waals surface area contributed by atoms with Gasteiger partial charge >= 0.3 is 6.03 Å². The van der Waals surface area contributed by atoms with Crippen LogP contribution in [0.1, 0.15) is 30.8 Å². The van der Waals surface area contributed by atoms with Gasteiger partial charge in [0.15, 0.2) is 0 Å². The van der Waals surface area contributed by atoms with Crippen LogP contribution in [-0.4, -0.2) is 62.7 Å². The van der Waals surface area contributed by atoms with E-state index in [9.17, 15) is 9.90 Å². The molecule has 33 heavy (non-hydrogen) atoms. The number of aromatic nitrogens is 2. The average Bonchev–Trinajstić information content (AvgIpc) is 3.28. The van der Waals surface area contributed by atoms with Crippen LogP contribution in [-0.2, 0) is 13.0 Å². The summed E-state index contributed by atoms with van der Waals surface area (Å²) in [5.74, 6) is 1.37. The van der Waals surface area contributed by atoms with Crippen LogP contribution in [0.2, 0.25) is 10.0 Å². The molecule has 1 aliphatic heterocycles. The lowest BCUT2D eigenvalue weighted by molar-refractivity contribution is 0.0425. The van der Waals surface area contributed by atoms with Gasteiger partial charge in [-0.1, -0.05) is 29.3 Å². The Morgan fingerprint density at radius 2 is 2.00 bits per heavy atom. The fourth-order valence-corrected chi connectivity index (χ4v) is 4.66. The van der Waals surface area contributed by atoms with Gasteiger partial charge in [-0.3, -0.25) is 0 Å². The minimum absolute atomic E-state index is 0.137. The Labute approximate surface area is 203 Å². The van der Waals surface area contributed by atoms with Gasteiger partial charge < -0.3 is 24.6 Å². The third-order valence-corrected chi connectivity index (χ3v) is 6.65. The number of β-amino-alcohol motifs (C(OH)–C–C–N with tert-alkyl or cyclic N) is 1. The molecule has 1 fully saturated rings. The van der Waals surface area contributed by atoms with E-state index in [0.717, 1.165) is 22.2 Å². The van der Waals surface area contributed by atoms with Crippen LogP contribution in [0, 0.1) is 6.92 Å². The number of ether oxygens (including phenoxy) is 1. The highest BCUT2D eigenvalue weighted by Crippen LogP contribution is 2.29. The first-order chi connectivity index (χ1) is 15.6. The van der Waals surface area contributed by atoms with Gasteiger partial charge in [-0.15, -0.1) is 0 Å². The van der Waals surface area contributed by atoms with Gasteiger partial charge in [0.1, 0.15) is 11.6 Å². The zero-order valence-corrected chi connectivity index (χ0v) is 20.7. The van der Waals surface area contributed by atoms with E-state index in [0.29, 0.717) is 41.1 Å². The van der Waals surface area contributed by atoms with Crippen molar-refractivity contribution in [1.29, 1.82) is 0 Å². The van der Waals surface area contributed by atoms with Crippen molar-refractivity contribution >= 4 is 40.3 Å². The van der Waals surface area contributed by atoms with Crippen molar-refractivity contribution in [3.05, 3.63) is 57.3 Å². The molecule has 2 N–H and O–H groups in total. The molecular weight excluding hydrogens is 463 g/mol. The summed E-state index contributed by atoms with van der Waals surface area (Å²) in [6, 6.07) is 9.00. The van der Waals surface area contributed by atoms with Crippen LogP contribution in [0.4, 0.5) is 4.79 Å². The van der Waals surface area contributed by atoms with E-state index in [2.05, 4.69) is 9.97 Å². The second-order valence-electron chi connectivity index (χ2n) is 9.17. The highest BCUT2D eigenvalue weighted by atomic mass is 35.5. The molecule has 0 bridgehead atoms. The van der Waals surface area contributed by atoms with Crippen molar-refractivity contribution in [1.82, 2.24) is 19.8 Å². The third kappa shape index (κ3) is 5.05. The average molecular weight is 491 g/mol. The molecule has 1 aromatic heterocycles. The number of benzene rings is 2. The van der Waals surface area contributed by atoms with E-state index in [4.69, 9.17) is 27.9 Å². The van der Waals surface area contributed by atoms with Crippen LogP contribution in [0.3, 0.4) is 0 Å². The molecule has 1 atom stereocenters. The number of aliphatic hydroxyl groups is 1. The van der Waals surface area contributed by atoms with E-state index in [1.807, 2.05) is 31.2 Å². The molecule has 0 saturated carbocycles. The fourth-order valence-electron chi connectivity index (χ4n) is 4.26. The maximum absolute atomic E-state index is 13.3. The van der Waals surface area contributed by atoms with Crippen molar-refractivity contribution < 1.29 is 14.6 Å². The summed E-state index contributed by atoms with van der Waals surface area (Å²) >= 11 is 12.7. The SMILES string of the molecule is COc1ccc(CC2CN(Cc3nc4c(C)c(Cl)ccc4[nH]3)C(=O)N2CC(C)(C)O)c(Cl)c1. The number of hydrogen-bond donors (Lipinski definition) is 2. The minimum atomic E-state index is -1.03. The lowest BCUT2D eigenvalue weighted by atomic mass is 10.0. The second kappa shape index (κ2) is 9.05. The summed E-state index contributed by atoms with van der Waals surface area (Å²) in [5, 5.41) is 11.7. The number of aromatic amines is 1. The number of nitrogens with one attached hydrogen (secondary N) is 1. The topological polar surface area (TPSA) is 81.7 Å². The molecule has 4 rings (SSSR count). The molecule has 0 aliphatic carbocycles. The number of fused-ring (bicyclic) bond motifs is 1. The van der Waals surface area contributed by atoms with Crippen molar-refractivity contribution in [2.75, 3.05) is 20.2 Å². The van der Waals surface area contributed by atoms with Crippen LogP contribution >= 0.6 is 23.2 Å². The summed E-state index contributed by atoms with van der Waals surface area (Å²) in [4.78, 5) is 24.8. The van der Waals surface area contributed by atoms with Gasteiger partial charge in [0.25, 0.3) is 0 Å². The Bertz CT molecular complexity index is 1190. The van der Waals surface area contributed by atoms with Crippen LogP contribution in [0.5, 0.6) is 5.75 Å². The standard InChI is InChI=1S/C24H28Cl2N4O3/c1-14-18(25)7-8-20-22(14)28-21(27-20)12-29-11-16(30(23(29)31)13-24(2,3)32)9-15-5-6-17(33-4)10-19(15)26/h5-8,10,16,32H,9,11-13H2,1-4H3,(H,27,28). The van der Waals surface area contributed by atoms with Crippen molar-refractivity contribution in [2.45, 2.75) is 45.4 Å². The highest BCUT2D eigenvalue weighted by molar-refractivity contribution is 6.32. The molecule has 176 valence electrons. The van der Waals surface area contributed by atoms with Crippen LogP contribution in [0.15, 0.2) is 30.3 Å². The fraction of sp³-hybridized carbons (Fsp3) is 0.417. The lowest BCUT2D eigenvalue weighted by Crippen LogP contribution is -2.45. The van der Waals surface area contributed by atoms with E-state index in [1.165, 1.54) is 0 Å². The number of aryl methyl sites for hydroxylation is 1. The molecule has 1 saturated heterocycles. The number of amides is 2. The zero-order chi connectivity index (χ0) is 23.9. The summed E-state index contributed by atoms with van der Waals surface area (Å²) < 4.78 is 5.24. The summed E-state index contributed by atoms with van der Waals surface area (Å²) in [6.07, 6.45) is 0.565. The first-order valence-corrected chi connectivity index (χ1v) is 11.6. The normalized spacial score (nSPS) is 16.8. The monoisotopic (exact) mass is 490 g/mol. The number of urea groups is 1. The zero-order valence-electron chi connectivity index (χ0n) is 19.2. The van der Waals surface area contributed by atoms with Crippen LogP contribution in [0.25, 0.3) is 11.0 Å². The highest BCUT2D eigenvalue weighted by Gasteiger charge is 2.40. The molecule has 2 heterocycles. The maximum Gasteiger partial charge on any atom is 0.320 e. The Kier molecular flexibility index (Phi) is 6.49. The second-order valence-corrected chi connectivity index (χ2v) is 9.99. The molecule has 1 aliphatic rings. The van der Waals surface area contributed by atoms with E-state index >= 15 is 0 Å². The Morgan fingerprint density at radius 3 is 2.67 bits per heavy atom. The van der Waals surface area contributed by atoms with Crippen molar-refractivity contribution in [3.63, 3.8) is 0 Å². The summed E-state index contributed by atoms with van der Waals surface area (Å²) in [6.45, 7) is 6.37. The minimum Gasteiger partial charge on any atom is -0.497 e. The molecule has 7 nitrogen and oxygen atoms in total. The number of nitrogens with zero attached hydrogens (tertiary/aromatic N) is 3. The van der Waals surface area contributed by atoms with E-state index in [-0.39, 0.29) is 18.6 Å². The number of hydrogen-bond acceptors (Lipinski definition) is 4. The number of carbonyl (C=O) groups excluding carboxylic acids is 1. The quantitative estimate of drug-likeness (QED) is 0.497. The Morgan fingerprint density at radius 1 is 1.24 bits per heavy atom. The molecule has 2 amide bonds. The van der Waals surface area contributed by atoms with Crippen molar-refractivity contribution in [3.8, 4) is 5.75 Å². The number of halogens is 2. The van der Waals surface area contributed by atoms with Gasteiger partial charge in [-0.2, -0.15) is 0 Å². The summed E-state index contributed by atoms with van der Waals surface area (Å²) in [5.41, 5.74) is 2.49. The van der Waals surface area contributed by atoms with Gasteiger partial charge in [0.05, 0.1) is 42.9 Å². The first-order valence-electron chi connectivity index (χ1n) is 10.8. The van der Waals surface area contributed by atoms with Crippen LogP contribution < -0.4 is 4.74 Å². The number of H-pyrrole nitrogens is 1. The van der Waals surface area contributed by atoms with E-state index in [1.54, 1.807) is 36.8 Å². The van der Waals surface area contributed by atoms with Gasteiger partial charge in [-0.05, 0) is 62.6 Å². The molecule has 0 radical (unpaired) electrons. The Balaban J connectivity index is 1.58. The third-order valence-electron chi connectivity index (χ3n) is 5.89. The lowest BCUT2D eigenvalue weighted by Gasteiger charge is -2.29. The molecular formula is C24H28Cl2N4O3. The molecule has 2 aromatic carbocycles. The molecule has 3 aromatic rings. The smallest absolute Gasteiger partial charge is 0.320 e. The van der Waals surface area contributed by atoms with Crippen molar-refractivity contribution in [2.24, 2.45) is 0 Å². The van der Waals surface area contributed by atoms with E-state index < -0.39 is 5.60 Å². The number of carbonyl (C=O) groups is 1. The van der Waals surface area contributed by atoms with Gasteiger partial charge in [0, 0.05) is 16.6 Å². The number of imidazole rings is 1. The number of rotatable bonds is 7. The molecule has 9 heteroatoms. The molecule has 1 unspecified atom stereocenters. The predicted octanol–water partition coefficient (Wildman–Crippen LogP) is 4.81.